The van der Waals surface area contributed by atoms with Crippen molar-refractivity contribution in [2.75, 3.05) is 7.11 Å². The number of esters is 1. The fourth-order valence-electron chi connectivity index (χ4n) is 1.55. The molecule has 1 unspecified atom stereocenters. The van der Waals surface area contributed by atoms with E-state index in [-0.39, 0.29) is 5.97 Å². The number of carbonyl (C=O) groups excluding carboxylic acids is 1. The molecule has 0 aliphatic heterocycles. The van der Waals surface area contributed by atoms with Crippen molar-refractivity contribution in [2.45, 2.75) is 47.0 Å². The van der Waals surface area contributed by atoms with E-state index in [1.165, 1.54) is 7.11 Å². The summed E-state index contributed by atoms with van der Waals surface area (Å²) in [4.78, 5) is 11.0. The van der Waals surface area contributed by atoms with Crippen LogP contribution in [0.15, 0.2) is 0 Å². The standard InChI is InChI=1S/C11H22O2/c1-6-9(7-10(12)13-5)8-11(2,3)4/h9H,6-8H2,1-5H3. The minimum absolute atomic E-state index is 0.0869. The third-order valence-corrected chi connectivity index (χ3v) is 2.16. The molecule has 2 heteroatoms. The lowest BCUT2D eigenvalue weighted by atomic mass is 9.82. The lowest BCUT2D eigenvalue weighted by molar-refractivity contribution is -0.141. The Hall–Kier alpha value is -0.530. The van der Waals surface area contributed by atoms with Crippen LogP contribution in [0.5, 0.6) is 0 Å². The number of hydrogen-bond donors (Lipinski definition) is 0. The fraction of sp³-hybridized carbons (Fsp3) is 0.909. The van der Waals surface area contributed by atoms with Gasteiger partial charge in [-0.2, -0.15) is 0 Å². The molecule has 0 spiro atoms. The summed E-state index contributed by atoms with van der Waals surface area (Å²) >= 11 is 0. The topological polar surface area (TPSA) is 26.3 Å². The van der Waals surface area contributed by atoms with Gasteiger partial charge in [-0.15, -0.1) is 0 Å². The smallest absolute Gasteiger partial charge is 0.305 e. The summed E-state index contributed by atoms with van der Waals surface area (Å²) in [6.45, 7) is 8.73. The lowest BCUT2D eigenvalue weighted by Crippen LogP contribution is -2.16. The average Bonchev–Trinajstić information content (AvgIpc) is 2.00. The molecule has 0 aromatic rings. The summed E-state index contributed by atoms with van der Waals surface area (Å²) in [7, 11) is 1.45. The maximum Gasteiger partial charge on any atom is 0.305 e. The molecule has 0 amide bonds. The maximum absolute atomic E-state index is 11.0. The fourth-order valence-corrected chi connectivity index (χ4v) is 1.55. The molecule has 0 N–H and O–H groups in total. The first kappa shape index (κ1) is 12.5. The molecular formula is C11H22O2. The highest BCUT2D eigenvalue weighted by atomic mass is 16.5. The van der Waals surface area contributed by atoms with Gasteiger partial charge in [0.05, 0.1) is 7.11 Å². The molecule has 0 saturated heterocycles. The van der Waals surface area contributed by atoms with Gasteiger partial charge in [0, 0.05) is 6.42 Å². The van der Waals surface area contributed by atoms with Crippen molar-refractivity contribution in [1.29, 1.82) is 0 Å². The van der Waals surface area contributed by atoms with Crippen LogP contribution >= 0.6 is 0 Å². The second kappa shape index (κ2) is 5.25. The van der Waals surface area contributed by atoms with Crippen molar-refractivity contribution < 1.29 is 9.53 Å². The number of hydrogen-bond acceptors (Lipinski definition) is 2. The van der Waals surface area contributed by atoms with Gasteiger partial charge in [-0.1, -0.05) is 34.1 Å². The maximum atomic E-state index is 11.0. The van der Waals surface area contributed by atoms with E-state index in [9.17, 15) is 4.79 Å². The third-order valence-electron chi connectivity index (χ3n) is 2.16. The minimum Gasteiger partial charge on any atom is -0.469 e. The van der Waals surface area contributed by atoms with Gasteiger partial charge in [0.1, 0.15) is 0 Å². The number of rotatable bonds is 4. The third kappa shape index (κ3) is 6.62. The van der Waals surface area contributed by atoms with Crippen LogP contribution < -0.4 is 0 Å². The van der Waals surface area contributed by atoms with Crippen molar-refractivity contribution in [3.05, 3.63) is 0 Å². The zero-order valence-corrected chi connectivity index (χ0v) is 9.52. The van der Waals surface area contributed by atoms with Gasteiger partial charge in [0.25, 0.3) is 0 Å². The van der Waals surface area contributed by atoms with E-state index in [0.717, 1.165) is 12.8 Å². The summed E-state index contributed by atoms with van der Waals surface area (Å²) in [5.41, 5.74) is 0.300. The highest BCUT2D eigenvalue weighted by Crippen LogP contribution is 2.28. The molecule has 0 radical (unpaired) electrons. The van der Waals surface area contributed by atoms with E-state index < -0.39 is 0 Å². The van der Waals surface area contributed by atoms with Gasteiger partial charge in [-0.25, -0.2) is 0 Å². The molecule has 78 valence electrons. The Labute approximate surface area is 81.7 Å². The molecular weight excluding hydrogens is 164 g/mol. The van der Waals surface area contributed by atoms with E-state index in [2.05, 4.69) is 32.4 Å². The van der Waals surface area contributed by atoms with Gasteiger partial charge >= 0.3 is 5.97 Å². The Bertz CT molecular complexity index is 156. The van der Waals surface area contributed by atoms with E-state index in [1.807, 2.05) is 0 Å². The quantitative estimate of drug-likeness (QED) is 0.631. The minimum atomic E-state index is -0.0869. The van der Waals surface area contributed by atoms with Gasteiger partial charge < -0.3 is 4.74 Å². The first-order chi connectivity index (χ1) is 5.89. The molecule has 0 aliphatic carbocycles. The molecule has 0 aromatic heterocycles. The molecule has 0 rings (SSSR count). The summed E-state index contributed by atoms with van der Waals surface area (Å²) in [5, 5.41) is 0. The summed E-state index contributed by atoms with van der Waals surface area (Å²) < 4.78 is 4.66. The van der Waals surface area contributed by atoms with Crippen LogP contribution in [0, 0.1) is 11.3 Å². The van der Waals surface area contributed by atoms with Gasteiger partial charge in [-0.05, 0) is 17.8 Å². The van der Waals surface area contributed by atoms with E-state index in [4.69, 9.17) is 0 Å². The van der Waals surface area contributed by atoms with Crippen molar-refractivity contribution in [3.63, 3.8) is 0 Å². The molecule has 0 bridgehead atoms. The van der Waals surface area contributed by atoms with Crippen molar-refractivity contribution in [1.82, 2.24) is 0 Å². The largest absolute Gasteiger partial charge is 0.469 e. The first-order valence-electron chi connectivity index (χ1n) is 4.96. The van der Waals surface area contributed by atoms with Crippen LogP contribution in [-0.2, 0) is 9.53 Å². The number of carbonyl (C=O) groups is 1. The van der Waals surface area contributed by atoms with Crippen molar-refractivity contribution >= 4 is 5.97 Å². The van der Waals surface area contributed by atoms with Gasteiger partial charge in [0.2, 0.25) is 0 Å². The average molecular weight is 186 g/mol. The Kier molecular flexibility index (Phi) is 5.04. The van der Waals surface area contributed by atoms with E-state index in [0.29, 0.717) is 17.8 Å². The van der Waals surface area contributed by atoms with Gasteiger partial charge in [0.15, 0.2) is 0 Å². The van der Waals surface area contributed by atoms with Crippen LogP contribution in [0.1, 0.15) is 47.0 Å². The molecule has 0 aliphatic rings. The van der Waals surface area contributed by atoms with Crippen LogP contribution in [0.3, 0.4) is 0 Å². The monoisotopic (exact) mass is 186 g/mol. The zero-order valence-electron chi connectivity index (χ0n) is 9.52. The van der Waals surface area contributed by atoms with Crippen LogP contribution in [-0.4, -0.2) is 13.1 Å². The van der Waals surface area contributed by atoms with Crippen LogP contribution in [0.4, 0.5) is 0 Å². The predicted molar refractivity (Wildman–Crippen MR) is 54.5 cm³/mol. The first-order valence-corrected chi connectivity index (χ1v) is 4.96. The van der Waals surface area contributed by atoms with E-state index >= 15 is 0 Å². The zero-order chi connectivity index (χ0) is 10.5. The summed E-state index contributed by atoms with van der Waals surface area (Å²) in [6, 6.07) is 0. The summed E-state index contributed by atoms with van der Waals surface area (Å²) in [6.07, 6.45) is 2.69. The molecule has 2 nitrogen and oxygen atoms in total. The highest BCUT2D eigenvalue weighted by Gasteiger charge is 2.19. The lowest BCUT2D eigenvalue weighted by Gasteiger charge is -2.24. The van der Waals surface area contributed by atoms with Crippen LogP contribution in [0.2, 0.25) is 0 Å². The Morgan fingerprint density at radius 2 is 1.92 bits per heavy atom. The Morgan fingerprint density at radius 3 is 2.23 bits per heavy atom. The predicted octanol–water partition coefficient (Wildman–Crippen LogP) is 3.01. The second-order valence-corrected chi connectivity index (χ2v) is 4.82. The molecule has 1 atom stereocenters. The summed E-state index contributed by atoms with van der Waals surface area (Å²) in [5.74, 6) is 0.378. The number of ether oxygens (including phenoxy) is 1. The molecule has 0 heterocycles. The van der Waals surface area contributed by atoms with Gasteiger partial charge in [-0.3, -0.25) is 4.79 Å². The Balaban J connectivity index is 3.97. The molecule has 0 fully saturated rings. The van der Waals surface area contributed by atoms with Crippen LogP contribution in [0.25, 0.3) is 0 Å². The van der Waals surface area contributed by atoms with Crippen molar-refractivity contribution in [3.8, 4) is 0 Å². The second-order valence-electron chi connectivity index (χ2n) is 4.82. The highest BCUT2D eigenvalue weighted by molar-refractivity contribution is 5.69. The number of methoxy groups -OCH3 is 1. The van der Waals surface area contributed by atoms with E-state index in [1.54, 1.807) is 0 Å². The Morgan fingerprint density at radius 1 is 1.38 bits per heavy atom. The molecule has 0 aromatic carbocycles. The van der Waals surface area contributed by atoms with Crippen molar-refractivity contribution in [2.24, 2.45) is 11.3 Å². The molecule has 0 saturated carbocycles. The normalized spacial score (nSPS) is 13.9. The SMILES string of the molecule is CCC(CC(=O)OC)CC(C)(C)C. The molecule has 13 heavy (non-hydrogen) atoms.